The van der Waals surface area contributed by atoms with Gasteiger partial charge in [0, 0.05) is 12.5 Å². The molecule has 0 saturated heterocycles. The van der Waals surface area contributed by atoms with Crippen molar-refractivity contribution in [1.29, 1.82) is 5.26 Å². The molecule has 0 radical (unpaired) electrons. The van der Waals surface area contributed by atoms with Gasteiger partial charge >= 0.3 is 0 Å². The summed E-state index contributed by atoms with van der Waals surface area (Å²) in [5, 5.41) is 20.8. The van der Waals surface area contributed by atoms with E-state index in [1.165, 1.54) is 23.1 Å². The largest absolute Gasteiger partial charge is 0.337 e. The zero-order valence-electron chi connectivity index (χ0n) is 14.9. The summed E-state index contributed by atoms with van der Waals surface area (Å²) in [5.74, 6) is -0.00590. The summed E-state index contributed by atoms with van der Waals surface area (Å²) in [6.45, 7) is 7.34. The van der Waals surface area contributed by atoms with Gasteiger partial charge in [0.05, 0.1) is 11.8 Å². The minimum absolute atomic E-state index is 0.00624. The van der Waals surface area contributed by atoms with Gasteiger partial charge in [0.15, 0.2) is 4.34 Å². The zero-order valence-corrected chi connectivity index (χ0v) is 16.5. The van der Waals surface area contributed by atoms with Gasteiger partial charge in [-0.15, -0.1) is 10.2 Å². The Labute approximate surface area is 156 Å². The Hall–Kier alpha value is -1.66. The molecule has 2 amide bonds. The summed E-state index contributed by atoms with van der Waals surface area (Å²) < 4.78 is 0.642. The molecule has 1 aromatic heterocycles. The van der Waals surface area contributed by atoms with Crippen LogP contribution in [0.25, 0.3) is 0 Å². The van der Waals surface area contributed by atoms with E-state index in [-0.39, 0.29) is 29.5 Å². The van der Waals surface area contributed by atoms with Gasteiger partial charge < -0.3 is 5.32 Å². The fraction of sp³-hybridized carbons (Fsp3) is 0.688. The van der Waals surface area contributed by atoms with Crippen molar-refractivity contribution in [2.75, 3.05) is 10.7 Å². The first-order valence-electron chi connectivity index (χ1n) is 8.31. The maximum atomic E-state index is 12.1. The minimum atomic E-state index is -0.889. The molecule has 1 aromatic rings. The number of nitrogens with one attached hydrogen (secondary N) is 1. The van der Waals surface area contributed by atoms with Crippen molar-refractivity contribution in [3.05, 3.63) is 0 Å². The second-order valence-electron chi connectivity index (χ2n) is 6.50. The molecule has 2 rings (SSSR count). The lowest BCUT2D eigenvalue weighted by atomic mass is 9.90. The number of aromatic nitrogens is 2. The summed E-state index contributed by atoms with van der Waals surface area (Å²) in [4.78, 5) is 25.9. The second-order valence-corrected chi connectivity index (χ2v) is 8.68. The Morgan fingerprint density at radius 2 is 2.16 bits per heavy atom. The molecule has 1 aliphatic carbocycles. The number of amides is 2. The van der Waals surface area contributed by atoms with Crippen LogP contribution in [0.2, 0.25) is 0 Å². The molecule has 7 nitrogen and oxygen atoms in total. The van der Waals surface area contributed by atoms with Crippen molar-refractivity contribution in [3.63, 3.8) is 0 Å². The van der Waals surface area contributed by atoms with E-state index in [1.807, 2.05) is 20.8 Å². The Morgan fingerprint density at radius 1 is 1.48 bits per heavy atom. The van der Waals surface area contributed by atoms with Crippen LogP contribution in [0, 0.1) is 17.2 Å². The van der Waals surface area contributed by atoms with Crippen molar-refractivity contribution in [3.8, 4) is 6.07 Å². The molecule has 0 aromatic carbocycles. The SMILES string of the molecule is CCC(=O)N(c1nnc(SCC(=O)N[C@@](C)(C#N)C(C)C)s1)C1CC1. The highest BCUT2D eigenvalue weighted by Crippen LogP contribution is 2.36. The third-order valence-corrected chi connectivity index (χ3v) is 6.25. The van der Waals surface area contributed by atoms with Crippen LogP contribution < -0.4 is 10.2 Å². The molecular weight excluding hydrogens is 358 g/mol. The molecular formula is C16H23N5O2S2. The molecule has 0 bridgehead atoms. The molecule has 9 heteroatoms. The topological polar surface area (TPSA) is 99.0 Å². The van der Waals surface area contributed by atoms with Crippen molar-refractivity contribution >= 4 is 40.0 Å². The maximum absolute atomic E-state index is 12.1. The van der Waals surface area contributed by atoms with Crippen LogP contribution in [0.1, 0.15) is 47.0 Å². The van der Waals surface area contributed by atoms with Gasteiger partial charge in [-0.05, 0) is 25.7 Å². The molecule has 0 unspecified atom stereocenters. The Morgan fingerprint density at radius 3 is 2.68 bits per heavy atom. The van der Waals surface area contributed by atoms with Gasteiger partial charge in [-0.25, -0.2) is 0 Å². The van der Waals surface area contributed by atoms with Crippen LogP contribution >= 0.6 is 23.1 Å². The van der Waals surface area contributed by atoms with E-state index in [0.717, 1.165) is 12.8 Å². The summed E-state index contributed by atoms with van der Waals surface area (Å²) in [6, 6.07) is 2.39. The Balaban J connectivity index is 1.94. The van der Waals surface area contributed by atoms with Gasteiger partial charge in [-0.3, -0.25) is 14.5 Å². The number of carbonyl (C=O) groups is 2. The number of nitriles is 1. The fourth-order valence-electron chi connectivity index (χ4n) is 2.08. The molecule has 1 aliphatic rings. The van der Waals surface area contributed by atoms with E-state index >= 15 is 0 Å². The first-order valence-corrected chi connectivity index (χ1v) is 10.1. The standard InChI is InChI=1S/C16H23N5O2S2/c1-5-13(23)21(11-6-7-11)14-19-20-15(25-14)24-8-12(22)18-16(4,9-17)10(2)3/h10-11H,5-8H2,1-4H3,(H,18,22)/t16-/m0/s1. The average Bonchev–Trinajstić information content (AvgIpc) is 3.30. The van der Waals surface area contributed by atoms with Crippen molar-refractivity contribution in [1.82, 2.24) is 15.5 Å². The lowest BCUT2D eigenvalue weighted by Gasteiger charge is -2.27. The van der Waals surface area contributed by atoms with E-state index in [9.17, 15) is 14.9 Å². The highest BCUT2D eigenvalue weighted by Gasteiger charge is 2.35. The van der Waals surface area contributed by atoms with E-state index in [1.54, 1.807) is 11.8 Å². The highest BCUT2D eigenvalue weighted by molar-refractivity contribution is 8.01. The van der Waals surface area contributed by atoms with Gasteiger partial charge in [0.25, 0.3) is 0 Å². The number of hydrogen-bond donors (Lipinski definition) is 1. The smallest absolute Gasteiger partial charge is 0.231 e. The normalized spacial score (nSPS) is 16.2. The van der Waals surface area contributed by atoms with Crippen LogP contribution in [0.4, 0.5) is 5.13 Å². The van der Waals surface area contributed by atoms with E-state index in [0.29, 0.717) is 15.9 Å². The van der Waals surface area contributed by atoms with Crippen molar-refractivity contribution < 1.29 is 9.59 Å². The molecule has 1 saturated carbocycles. The zero-order chi connectivity index (χ0) is 18.6. The van der Waals surface area contributed by atoms with Crippen LogP contribution in [-0.4, -0.2) is 39.3 Å². The fourth-order valence-corrected chi connectivity index (χ4v) is 3.81. The second kappa shape index (κ2) is 8.15. The number of anilines is 1. The number of thioether (sulfide) groups is 1. The summed E-state index contributed by atoms with van der Waals surface area (Å²) in [5.41, 5.74) is -0.889. The van der Waals surface area contributed by atoms with Crippen LogP contribution in [-0.2, 0) is 9.59 Å². The van der Waals surface area contributed by atoms with Gasteiger partial charge in [0.2, 0.25) is 16.9 Å². The first kappa shape index (κ1) is 19.7. The lowest BCUT2D eigenvalue weighted by Crippen LogP contribution is -2.49. The van der Waals surface area contributed by atoms with E-state index in [4.69, 9.17) is 0 Å². The quantitative estimate of drug-likeness (QED) is 0.549. The number of rotatable bonds is 8. The first-order chi connectivity index (χ1) is 11.8. The van der Waals surface area contributed by atoms with E-state index < -0.39 is 5.54 Å². The maximum Gasteiger partial charge on any atom is 0.231 e. The molecule has 1 heterocycles. The Bertz CT molecular complexity index is 680. The lowest BCUT2D eigenvalue weighted by molar-refractivity contribution is -0.120. The Kier molecular flexibility index (Phi) is 6.41. The molecule has 1 atom stereocenters. The summed E-state index contributed by atoms with van der Waals surface area (Å²) in [7, 11) is 0. The van der Waals surface area contributed by atoms with Crippen molar-refractivity contribution in [2.45, 2.75) is 62.9 Å². The third-order valence-electron chi connectivity index (χ3n) is 4.20. The van der Waals surface area contributed by atoms with Gasteiger partial charge in [-0.1, -0.05) is 43.9 Å². The van der Waals surface area contributed by atoms with E-state index in [2.05, 4.69) is 21.6 Å². The third kappa shape index (κ3) is 4.92. The number of carbonyl (C=O) groups excluding carboxylic acids is 2. The highest BCUT2D eigenvalue weighted by atomic mass is 32.2. The molecule has 0 spiro atoms. The summed E-state index contributed by atoms with van der Waals surface area (Å²) in [6.07, 6.45) is 2.43. The molecule has 25 heavy (non-hydrogen) atoms. The van der Waals surface area contributed by atoms with Crippen LogP contribution in [0.3, 0.4) is 0 Å². The summed E-state index contributed by atoms with van der Waals surface area (Å²) >= 11 is 2.59. The molecule has 1 fully saturated rings. The number of nitrogens with zero attached hydrogens (tertiary/aromatic N) is 4. The number of hydrogen-bond acceptors (Lipinski definition) is 7. The van der Waals surface area contributed by atoms with Gasteiger partial charge in [0.1, 0.15) is 5.54 Å². The average molecular weight is 382 g/mol. The predicted octanol–water partition coefficient (Wildman–Crippen LogP) is 2.59. The molecule has 136 valence electrons. The monoisotopic (exact) mass is 381 g/mol. The molecule has 1 N–H and O–H groups in total. The van der Waals surface area contributed by atoms with Crippen LogP contribution in [0.5, 0.6) is 0 Å². The molecule has 0 aliphatic heterocycles. The van der Waals surface area contributed by atoms with Gasteiger partial charge in [-0.2, -0.15) is 5.26 Å². The van der Waals surface area contributed by atoms with Crippen LogP contribution in [0.15, 0.2) is 4.34 Å². The van der Waals surface area contributed by atoms with Crippen molar-refractivity contribution in [2.24, 2.45) is 5.92 Å². The minimum Gasteiger partial charge on any atom is -0.337 e. The predicted molar refractivity (Wildman–Crippen MR) is 98.4 cm³/mol.